The van der Waals surface area contributed by atoms with Gasteiger partial charge in [-0.15, -0.1) is 0 Å². The summed E-state index contributed by atoms with van der Waals surface area (Å²) in [4.78, 5) is 4.65. The number of aryl methyl sites for hydroxylation is 1. The lowest BCUT2D eigenvalue weighted by atomic mass is 10.1. The smallest absolute Gasteiger partial charge is 0.203 e. The lowest BCUT2D eigenvalue weighted by molar-refractivity contribution is 0.176. The minimum atomic E-state index is 0.622. The van der Waals surface area contributed by atoms with Crippen LogP contribution in [0.5, 0.6) is 17.2 Å². The Morgan fingerprint density at radius 2 is 1.60 bits per heavy atom. The van der Waals surface area contributed by atoms with Crippen molar-refractivity contribution in [3.63, 3.8) is 0 Å². The molecule has 0 unspecified atom stereocenters. The number of benzene rings is 2. The Balaban J connectivity index is 1.59. The van der Waals surface area contributed by atoms with Crippen molar-refractivity contribution in [1.82, 2.24) is 9.80 Å². The number of ether oxygens (including phenoxy) is 3. The average Bonchev–Trinajstić information content (AvgIpc) is 2.76. The van der Waals surface area contributed by atoms with Crippen molar-refractivity contribution in [2.75, 3.05) is 52.8 Å². The fourth-order valence-corrected chi connectivity index (χ4v) is 3.97. The number of nitrogens with one attached hydrogen (secondary N) is 1. The number of piperazine rings is 1. The molecular formula is C23H31N3O3S. The topological polar surface area (TPSA) is 46.2 Å². The quantitative estimate of drug-likeness (QED) is 0.700. The van der Waals surface area contributed by atoms with Crippen LogP contribution in [-0.2, 0) is 6.54 Å². The molecular weight excluding hydrogens is 398 g/mol. The third-order valence-electron chi connectivity index (χ3n) is 5.64. The minimum Gasteiger partial charge on any atom is -0.493 e. The van der Waals surface area contributed by atoms with Gasteiger partial charge in [0.25, 0.3) is 0 Å². The Kier molecular flexibility index (Phi) is 7.39. The number of anilines is 1. The van der Waals surface area contributed by atoms with Crippen LogP contribution in [0.2, 0.25) is 0 Å². The van der Waals surface area contributed by atoms with E-state index in [1.165, 1.54) is 11.1 Å². The van der Waals surface area contributed by atoms with Crippen LogP contribution in [0, 0.1) is 13.8 Å². The standard InChI is InChI=1S/C23H31N3O3S/c1-16-7-6-8-19(17(16)2)24-23(30)26-11-9-25(10-12-26)15-18-13-20(27-3)22(29-5)21(14-18)28-4/h6-8,13-14H,9-12,15H2,1-5H3,(H,24,30). The van der Waals surface area contributed by atoms with E-state index < -0.39 is 0 Å². The second kappa shape index (κ2) is 10.00. The van der Waals surface area contributed by atoms with Gasteiger partial charge >= 0.3 is 0 Å². The monoisotopic (exact) mass is 429 g/mol. The first-order valence-corrected chi connectivity index (χ1v) is 10.5. The number of thiocarbonyl (C=S) groups is 1. The highest BCUT2D eigenvalue weighted by atomic mass is 32.1. The van der Waals surface area contributed by atoms with E-state index in [1.807, 2.05) is 12.1 Å². The van der Waals surface area contributed by atoms with Gasteiger partial charge in [-0.1, -0.05) is 12.1 Å². The molecule has 0 saturated carbocycles. The lowest BCUT2D eigenvalue weighted by Gasteiger charge is -2.36. The summed E-state index contributed by atoms with van der Waals surface area (Å²) in [6, 6.07) is 10.3. The van der Waals surface area contributed by atoms with Gasteiger partial charge in [0.05, 0.1) is 21.3 Å². The Labute approximate surface area is 184 Å². The highest BCUT2D eigenvalue weighted by Gasteiger charge is 2.21. The van der Waals surface area contributed by atoms with Crippen molar-refractivity contribution >= 4 is 23.0 Å². The third kappa shape index (κ3) is 4.96. The molecule has 0 radical (unpaired) electrons. The Morgan fingerprint density at radius 3 is 2.17 bits per heavy atom. The van der Waals surface area contributed by atoms with Gasteiger partial charge in [0.1, 0.15) is 0 Å². The highest BCUT2D eigenvalue weighted by molar-refractivity contribution is 7.80. The number of nitrogens with zero attached hydrogens (tertiary/aromatic N) is 2. The summed E-state index contributed by atoms with van der Waals surface area (Å²) in [5.74, 6) is 1.99. The molecule has 0 amide bonds. The van der Waals surface area contributed by atoms with Crippen molar-refractivity contribution in [3.05, 3.63) is 47.0 Å². The van der Waals surface area contributed by atoms with E-state index in [0.29, 0.717) is 17.2 Å². The van der Waals surface area contributed by atoms with Crippen molar-refractivity contribution in [3.8, 4) is 17.2 Å². The van der Waals surface area contributed by atoms with Gasteiger partial charge in [0, 0.05) is 38.4 Å². The van der Waals surface area contributed by atoms with E-state index in [1.54, 1.807) is 21.3 Å². The van der Waals surface area contributed by atoms with Gasteiger partial charge in [-0.25, -0.2) is 0 Å². The molecule has 1 heterocycles. The molecule has 0 aromatic heterocycles. The molecule has 1 aliphatic heterocycles. The Bertz CT molecular complexity index is 870. The maximum atomic E-state index is 5.67. The summed E-state index contributed by atoms with van der Waals surface area (Å²) in [7, 11) is 4.90. The first-order valence-electron chi connectivity index (χ1n) is 10.1. The number of rotatable bonds is 6. The third-order valence-corrected chi connectivity index (χ3v) is 6.00. The normalized spacial score (nSPS) is 14.4. The summed E-state index contributed by atoms with van der Waals surface area (Å²) in [5, 5.41) is 4.21. The molecule has 30 heavy (non-hydrogen) atoms. The van der Waals surface area contributed by atoms with E-state index in [2.05, 4.69) is 47.2 Å². The molecule has 0 spiro atoms. The van der Waals surface area contributed by atoms with Crippen molar-refractivity contribution < 1.29 is 14.2 Å². The number of methoxy groups -OCH3 is 3. The van der Waals surface area contributed by atoms with Gasteiger partial charge < -0.3 is 24.4 Å². The first kappa shape index (κ1) is 22.2. The maximum Gasteiger partial charge on any atom is 0.203 e. The van der Waals surface area contributed by atoms with Crippen LogP contribution in [0.4, 0.5) is 5.69 Å². The number of hydrogen-bond acceptors (Lipinski definition) is 5. The molecule has 0 aliphatic carbocycles. The van der Waals surface area contributed by atoms with E-state index >= 15 is 0 Å². The zero-order valence-electron chi connectivity index (χ0n) is 18.4. The molecule has 1 aliphatic rings. The van der Waals surface area contributed by atoms with Crippen LogP contribution in [-0.4, -0.2) is 62.4 Å². The van der Waals surface area contributed by atoms with Crippen molar-refractivity contribution in [1.29, 1.82) is 0 Å². The molecule has 1 saturated heterocycles. The van der Waals surface area contributed by atoms with Gasteiger partial charge in [0.2, 0.25) is 5.75 Å². The van der Waals surface area contributed by atoms with E-state index in [4.69, 9.17) is 26.4 Å². The van der Waals surface area contributed by atoms with Crippen LogP contribution in [0.15, 0.2) is 30.3 Å². The average molecular weight is 430 g/mol. The second-order valence-electron chi connectivity index (χ2n) is 7.47. The summed E-state index contributed by atoms with van der Waals surface area (Å²) in [6.45, 7) is 8.71. The van der Waals surface area contributed by atoms with Gasteiger partial charge in [-0.2, -0.15) is 0 Å². The summed E-state index contributed by atoms with van der Waals surface area (Å²) < 4.78 is 16.4. The van der Waals surface area contributed by atoms with Crippen LogP contribution < -0.4 is 19.5 Å². The van der Waals surface area contributed by atoms with Crippen molar-refractivity contribution in [2.24, 2.45) is 0 Å². The molecule has 7 heteroatoms. The molecule has 2 aromatic rings. The fraction of sp³-hybridized carbons (Fsp3) is 0.435. The molecule has 2 aromatic carbocycles. The SMILES string of the molecule is COc1cc(CN2CCN(C(=S)Nc3cccc(C)c3C)CC2)cc(OC)c1OC. The summed E-state index contributed by atoms with van der Waals surface area (Å²) in [5.41, 5.74) is 4.72. The van der Waals surface area contributed by atoms with Crippen LogP contribution in [0.25, 0.3) is 0 Å². The van der Waals surface area contributed by atoms with E-state index in [0.717, 1.165) is 49.1 Å². The van der Waals surface area contributed by atoms with Gasteiger partial charge in [-0.05, 0) is 61.0 Å². The summed E-state index contributed by atoms with van der Waals surface area (Å²) in [6.07, 6.45) is 0. The van der Waals surface area contributed by atoms with Crippen LogP contribution >= 0.6 is 12.2 Å². The predicted octanol–water partition coefficient (Wildman–Crippen LogP) is 3.84. The number of hydrogen-bond donors (Lipinski definition) is 1. The zero-order valence-corrected chi connectivity index (χ0v) is 19.3. The van der Waals surface area contributed by atoms with Crippen molar-refractivity contribution in [2.45, 2.75) is 20.4 Å². The molecule has 6 nitrogen and oxygen atoms in total. The zero-order chi connectivity index (χ0) is 21.7. The molecule has 162 valence electrons. The Hall–Kier alpha value is -2.51. The van der Waals surface area contributed by atoms with E-state index in [-0.39, 0.29) is 0 Å². The second-order valence-corrected chi connectivity index (χ2v) is 7.86. The molecule has 0 bridgehead atoms. The largest absolute Gasteiger partial charge is 0.493 e. The molecule has 1 fully saturated rings. The summed E-state index contributed by atoms with van der Waals surface area (Å²) >= 11 is 5.67. The van der Waals surface area contributed by atoms with Crippen LogP contribution in [0.3, 0.4) is 0 Å². The van der Waals surface area contributed by atoms with Gasteiger partial charge in [-0.3, -0.25) is 4.90 Å². The maximum absolute atomic E-state index is 5.67. The fourth-order valence-electron chi connectivity index (χ4n) is 3.67. The van der Waals surface area contributed by atoms with E-state index in [9.17, 15) is 0 Å². The first-order chi connectivity index (χ1) is 14.5. The molecule has 3 rings (SSSR count). The van der Waals surface area contributed by atoms with Crippen LogP contribution in [0.1, 0.15) is 16.7 Å². The lowest BCUT2D eigenvalue weighted by Crippen LogP contribution is -2.49. The van der Waals surface area contributed by atoms with Gasteiger partial charge in [0.15, 0.2) is 16.6 Å². The highest BCUT2D eigenvalue weighted by Crippen LogP contribution is 2.38. The Morgan fingerprint density at radius 1 is 0.967 bits per heavy atom. The molecule has 1 N–H and O–H groups in total. The predicted molar refractivity (Wildman–Crippen MR) is 125 cm³/mol. The minimum absolute atomic E-state index is 0.622. The molecule has 0 atom stereocenters.